The van der Waals surface area contributed by atoms with Crippen molar-refractivity contribution in [2.75, 3.05) is 18.4 Å². The average Bonchev–Trinajstić information content (AvgIpc) is 2.62. The van der Waals surface area contributed by atoms with Crippen LogP contribution in [-0.4, -0.2) is 42.9 Å². The molecule has 1 fully saturated rings. The smallest absolute Gasteiger partial charge is 0.255 e. The van der Waals surface area contributed by atoms with E-state index in [4.69, 9.17) is 0 Å². The summed E-state index contributed by atoms with van der Waals surface area (Å²) in [7, 11) is -3.65. The number of anilines is 1. The largest absolute Gasteiger partial charge is 0.392 e. The van der Waals surface area contributed by atoms with Crippen molar-refractivity contribution in [3.8, 4) is 0 Å². The number of amides is 1. The Morgan fingerprint density at radius 3 is 2.40 bits per heavy atom. The molecule has 0 saturated carbocycles. The minimum atomic E-state index is -3.65. The molecule has 2 aromatic rings. The number of carbonyl (C=O) groups is 1. The summed E-state index contributed by atoms with van der Waals surface area (Å²) >= 11 is 0. The van der Waals surface area contributed by atoms with Crippen molar-refractivity contribution in [2.24, 2.45) is 0 Å². The third kappa shape index (κ3) is 4.07. The monoisotopic (exact) mass is 360 g/mol. The molecule has 0 bridgehead atoms. The maximum absolute atomic E-state index is 12.6. The van der Waals surface area contributed by atoms with E-state index in [9.17, 15) is 18.3 Å². The van der Waals surface area contributed by atoms with E-state index in [0.717, 1.165) is 0 Å². The van der Waals surface area contributed by atoms with Crippen LogP contribution >= 0.6 is 0 Å². The fourth-order valence-electron chi connectivity index (χ4n) is 2.79. The molecule has 3 rings (SSSR count). The van der Waals surface area contributed by atoms with E-state index in [0.29, 0.717) is 30.6 Å². The Bertz CT molecular complexity index is 835. The minimum Gasteiger partial charge on any atom is -0.392 e. The highest BCUT2D eigenvalue weighted by Crippen LogP contribution is 2.21. The zero-order chi connectivity index (χ0) is 17.9. The lowest BCUT2D eigenvalue weighted by Gasteiger charge is -2.29. The summed E-state index contributed by atoms with van der Waals surface area (Å²) in [5.41, 5.74) is 1.05. The number of carbonyl (C=O) groups excluding carboxylic acids is 1. The molecule has 2 aromatic carbocycles. The predicted octanol–water partition coefficient (Wildman–Crippen LogP) is 2.08. The number of β-amino-alcohol motifs (C(OH)–C–C–N with tert-alkyl or cyclic N) is 1. The van der Waals surface area contributed by atoms with Gasteiger partial charge in [0.15, 0.2) is 0 Å². The highest BCUT2D eigenvalue weighted by atomic mass is 32.2. The molecule has 0 spiro atoms. The Morgan fingerprint density at radius 2 is 1.76 bits per heavy atom. The van der Waals surface area contributed by atoms with Gasteiger partial charge in [-0.3, -0.25) is 4.79 Å². The van der Waals surface area contributed by atoms with Crippen molar-refractivity contribution in [1.29, 1.82) is 0 Å². The van der Waals surface area contributed by atoms with Crippen molar-refractivity contribution >= 4 is 21.6 Å². The van der Waals surface area contributed by atoms with Gasteiger partial charge < -0.3 is 10.4 Å². The molecular formula is C18H20N2O4S. The van der Waals surface area contributed by atoms with Crippen molar-refractivity contribution in [2.45, 2.75) is 23.8 Å². The number of hydrogen-bond acceptors (Lipinski definition) is 4. The topological polar surface area (TPSA) is 86.7 Å². The number of sulfonamides is 1. The molecule has 132 valence electrons. The molecule has 1 atom stereocenters. The first kappa shape index (κ1) is 17.6. The lowest BCUT2D eigenvalue weighted by atomic mass is 10.1. The van der Waals surface area contributed by atoms with E-state index in [2.05, 4.69) is 5.32 Å². The van der Waals surface area contributed by atoms with Crippen LogP contribution in [-0.2, 0) is 10.0 Å². The van der Waals surface area contributed by atoms with Crippen LogP contribution in [0.15, 0.2) is 59.5 Å². The number of benzene rings is 2. The van der Waals surface area contributed by atoms with Crippen molar-refractivity contribution < 1.29 is 18.3 Å². The molecule has 1 aliphatic rings. The number of piperidine rings is 1. The van der Waals surface area contributed by atoms with Crippen LogP contribution in [0.5, 0.6) is 0 Å². The summed E-state index contributed by atoms with van der Waals surface area (Å²) < 4.78 is 26.5. The van der Waals surface area contributed by atoms with Gasteiger partial charge in [-0.1, -0.05) is 18.2 Å². The Morgan fingerprint density at radius 1 is 1.08 bits per heavy atom. The Hall–Kier alpha value is -2.22. The zero-order valence-electron chi connectivity index (χ0n) is 13.6. The molecule has 2 N–H and O–H groups in total. The highest BCUT2D eigenvalue weighted by Gasteiger charge is 2.29. The van der Waals surface area contributed by atoms with Crippen LogP contribution in [0.25, 0.3) is 0 Å². The number of aliphatic hydroxyl groups excluding tert-OH is 1. The third-order valence-electron chi connectivity index (χ3n) is 4.15. The molecule has 0 unspecified atom stereocenters. The first-order chi connectivity index (χ1) is 12.0. The minimum absolute atomic E-state index is 0.110. The van der Waals surface area contributed by atoms with Gasteiger partial charge in [-0.25, -0.2) is 8.42 Å². The second kappa shape index (κ2) is 7.35. The summed E-state index contributed by atoms with van der Waals surface area (Å²) in [6.07, 6.45) is 0.627. The summed E-state index contributed by atoms with van der Waals surface area (Å²) in [5.74, 6) is -0.302. The zero-order valence-corrected chi connectivity index (χ0v) is 14.4. The van der Waals surface area contributed by atoms with E-state index in [-0.39, 0.29) is 17.3 Å². The maximum atomic E-state index is 12.6. The van der Waals surface area contributed by atoms with E-state index in [1.54, 1.807) is 12.1 Å². The standard InChI is InChI=1S/C18H20N2O4S/c21-16-7-4-12-20(13-16)25(23,24)17-10-8-14(9-11-17)18(22)19-15-5-2-1-3-6-15/h1-3,5-6,8-11,16,21H,4,7,12-13H2,(H,19,22)/t16-/m0/s1. The van der Waals surface area contributed by atoms with Gasteiger partial charge in [0, 0.05) is 24.3 Å². The molecular weight excluding hydrogens is 340 g/mol. The summed E-state index contributed by atoms with van der Waals surface area (Å²) in [6.45, 7) is 0.508. The van der Waals surface area contributed by atoms with Gasteiger partial charge in [-0.15, -0.1) is 0 Å². The lowest BCUT2D eigenvalue weighted by Crippen LogP contribution is -2.42. The molecule has 1 saturated heterocycles. The summed E-state index contributed by atoms with van der Waals surface area (Å²) in [4.78, 5) is 12.3. The van der Waals surface area contributed by atoms with Crippen molar-refractivity contribution in [3.63, 3.8) is 0 Å². The lowest BCUT2D eigenvalue weighted by molar-refractivity contribution is 0.102. The molecule has 6 nitrogen and oxygen atoms in total. The summed E-state index contributed by atoms with van der Waals surface area (Å²) in [5, 5.41) is 12.4. The number of hydrogen-bond donors (Lipinski definition) is 2. The number of para-hydroxylation sites is 1. The molecule has 7 heteroatoms. The SMILES string of the molecule is O=C(Nc1ccccc1)c1ccc(S(=O)(=O)N2CCC[C@H](O)C2)cc1. The molecule has 0 radical (unpaired) electrons. The molecule has 25 heavy (non-hydrogen) atoms. The van der Waals surface area contributed by atoms with Crippen LogP contribution in [0.2, 0.25) is 0 Å². The van der Waals surface area contributed by atoms with Crippen LogP contribution in [0.3, 0.4) is 0 Å². The Labute approximate surface area is 147 Å². The second-order valence-corrected chi connectivity index (χ2v) is 7.94. The van der Waals surface area contributed by atoms with Gasteiger partial charge in [0.2, 0.25) is 10.0 Å². The fraction of sp³-hybridized carbons (Fsp3) is 0.278. The van der Waals surface area contributed by atoms with E-state index in [1.807, 2.05) is 18.2 Å². The van der Waals surface area contributed by atoms with Gasteiger partial charge in [-0.05, 0) is 49.2 Å². The van der Waals surface area contributed by atoms with Gasteiger partial charge >= 0.3 is 0 Å². The van der Waals surface area contributed by atoms with Crippen molar-refractivity contribution in [1.82, 2.24) is 4.31 Å². The van der Waals surface area contributed by atoms with Crippen LogP contribution < -0.4 is 5.32 Å². The van der Waals surface area contributed by atoms with E-state index in [1.165, 1.54) is 28.6 Å². The van der Waals surface area contributed by atoms with Crippen LogP contribution in [0, 0.1) is 0 Å². The second-order valence-electron chi connectivity index (χ2n) is 6.00. The number of nitrogens with one attached hydrogen (secondary N) is 1. The quantitative estimate of drug-likeness (QED) is 0.874. The van der Waals surface area contributed by atoms with Gasteiger partial charge in [0.25, 0.3) is 5.91 Å². The first-order valence-corrected chi connectivity index (χ1v) is 9.55. The van der Waals surface area contributed by atoms with E-state index >= 15 is 0 Å². The summed E-state index contributed by atoms with van der Waals surface area (Å²) in [6, 6.07) is 14.9. The maximum Gasteiger partial charge on any atom is 0.255 e. The highest BCUT2D eigenvalue weighted by molar-refractivity contribution is 7.89. The van der Waals surface area contributed by atoms with Gasteiger partial charge in [0.1, 0.15) is 0 Å². The molecule has 0 aliphatic carbocycles. The van der Waals surface area contributed by atoms with E-state index < -0.39 is 16.1 Å². The fourth-order valence-corrected chi connectivity index (χ4v) is 4.31. The molecule has 1 amide bonds. The number of aliphatic hydroxyl groups is 1. The predicted molar refractivity (Wildman–Crippen MR) is 94.8 cm³/mol. The number of rotatable bonds is 4. The van der Waals surface area contributed by atoms with Crippen LogP contribution in [0.1, 0.15) is 23.2 Å². The number of nitrogens with zero attached hydrogens (tertiary/aromatic N) is 1. The van der Waals surface area contributed by atoms with Crippen molar-refractivity contribution in [3.05, 3.63) is 60.2 Å². The Kier molecular flexibility index (Phi) is 5.17. The average molecular weight is 360 g/mol. The van der Waals surface area contributed by atoms with Gasteiger partial charge in [-0.2, -0.15) is 4.31 Å². The first-order valence-electron chi connectivity index (χ1n) is 8.11. The Balaban J connectivity index is 1.74. The van der Waals surface area contributed by atoms with Crippen LogP contribution in [0.4, 0.5) is 5.69 Å². The molecule has 1 heterocycles. The van der Waals surface area contributed by atoms with Gasteiger partial charge in [0.05, 0.1) is 11.0 Å². The third-order valence-corrected chi connectivity index (χ3v) is 6.02. The normalized spacial score (nSPS) is 18.7. The molecule has 0 aromatic heterocycles. The molecule has 1 aliphatic heterocycles.